The number of aromatic nitrogens is 3. The molecule has 0 saturated carbocycles. The molecule has 0 saturated heterocycles. The molecule has 10 aromatic rings. The highest BCUT2D eigenvalue weighted by Gasteiger charge is 2.22. The standard InChI is InChI=1S/C43H25N3O2/c1-2-12-27(13-3-1)41-44-42(29-24-23-26-11-4-5-14-28(26)25-29)46-43(45-41)33-18-10-22-37-40(33)39-31(17-9-21-36(39)48-37)30-16-8-20-35-38(30)32-15-6-7-19-34(32)47-35/h1-25H. The van der Waals surface area contributed by atoms with Crippen molar-refractivity contribution in [1.82, 2.24) is 15.0 Å². The van der Waals surface area contributed by atoms with Gasteiger partial charge in [0.25, 0.3) is 0 Å². The molecule has 0 aliphatic heterocycles. The second kappa shape index (κ2) is 10.5. The first-order valence-corrected chi connectivity index (χ1v) is 15.9. The number of rotatable bonds is 4. The Labute approximate surface area is 274 Å². The summed E-state index contributed by atoms with van der Waals surface area (Å²) in [5.41, 5.74) is 8.16. The van der Waals surface area contributed by atoms with Gasteiger partial charge in [0.05, 0.1) is 0 Å². The van der Waals surface area contributed by atoms with Gasteiger partial charge in [-0.3, -0.25) is 0 Å². The van der Waals surface area contributed by atoms with E-state index in [-0.39, 0.29) is 0 Å². The van der Waals surface area contributed by atoms with Gasteiger partial charge >= 0.3 is 0 Å². The van der Waals surface area contributed by atoms with Crippen molar-refractivity contribution in [3.05, 3.63) is 152 Å². The molecule has 0 unspecified atom stereocenters. The molecule has 0 spiro atoms. The minimum atomic E-state index is 0.585. The van der Waals surface area contributed by atoms with Crippen LogP contribution in [0.1, 0.15) is 0 Å². The Morgan fingerprint density at radius 2 is 0.875 bits per heavy atom. The molecule has 48 heavy (non-hydrogen) atoms. The summed E-state index contributed by atoms with van der Waals surface area (Å²) in [6, 6.07) is 51.5. The lowest BCUT2D eigenvalue weighted by molar-refractivity contribution is 0.668. The van der Waals surface area contributed by atoms with Crippen LogP contribution in [0.5, 0.6) is 0 Å². The SMILES string of the molecule is c1ccc(-c2nc(-c3ccc4ccccc4c3)nc(-c3cccc4oc5cccc(-c6cccc7oc8ccccc8c67)c5c34)n2)cc1. The van der Waals surface area contributed by atoms with E-state index in [1.54, 1.807) is 0 Å². The van der Waals surface area contributed by atoms with Crippen molar-refractivity contribution in [3.8, 4) is 45.3 Å². The van der Waals surface area contributed by atoms with Crippen LogP contribution in [0.4, 0.5) is 0 Å². The van der Waals surface area contributed by atoms with Crippen molar-refractivity contribution >= 4 is 54.6 Å². The van der Waals surface area contributed by atoms with Crippen LogP contribution >= 0.6 is 0 Å². The third-order valence-corrected chi connectivity index (χ3v) is 9.13. The normalized spacial score (nSPS) is 11.8. The largest absolute Gasteiger partial charge is 0.456 e. The fourth-order valence-corrected chi connectivity index (χ4v) is 6.95. The molecule has 0 aliphatic carbocycles. The van der Waals surface area contributed by atoms with Gasteiger partial charge in [-0.2, -0.15) is 0 Å². The third kappa shape index (κ3) is 4.15. The zero-order valence-corrected chi connectivity index (χ0v) is 25.6. The summed E-state index contributed by atoms with van der Waals surface area (Å²) >= 11 is 0. The van der Waals surface area contributed by atoms with Gasteiger partial charge < -0.3 is 8.83 Å². The molecule has 5 heteroatoms. The highest BCUT2D eigenvalue weighted by Crippen LogP contribution is 2.44. The Balaban J connectivity index is 1.26. The van der Waals surface area contributed by atoms with Crippen molar-refractivity contribution in [3.63, 3.8) is 0 Å². The molecule has 0 aliphatic rings. The van der Waals surface area contributed by atoms with E-state index < -0.39 is 0 Å². The molecular formula is C43H25N3O2. The van der Waals surface area contributed by atoms with Crippen LogP contribution in [0, 0.1) is 0 Å². The molecule has 7 aromatic carbocycles. The Morgan fingerprint density at radius 3 is 1.67 bits per heavy atom. The Kier molecular flexibility index (Phi) is 5.81. The predicted molar refractivity (Wildman–Crippen MR) is 194 cm³/mol. The van der Waals surface area contributed by atoms with Crippen LogP contribution in [-0.2, 0) is 0 Å². The van der Waals surface area contributed by atoms with Crippen molar-refractivity contribution in [2.75, 3.05) is 0 Å². The quantitative estimate of drug-likeness (QED) is 0.197. The molecule has 3 heterocycles. The van der Waals surface area contributed by atoms with E-state index in [1.807, 2.05) is 66.7 Å². The lowest BCUT2D eigenvalue weighted by Gasteiger charge is -2.11. The van der Waals surface area contributed by atoms with E-state index in [2.05, 4.69) is 84.9 Å². The Morgan fingerprint density at radius 1 is 0.333 bits per heavy atom. The topological polar surface area (TPSA) is 65.0 Å². The zero-order valence-electron chi connectivity index (χ0n) is 25.6. The molecular weight excluding hydrogens is 590 g/mol. The lowest BCUT2D eigenvalue weighted by Crippen LogP contribution is -2.00. The van der Waals surface area contributed by atoms with Gasteiger partial charge in [-0.05, 0) is 52.2 Å². The van der Waals surface area contributed by atoms with Gasteiger partial charge in [0.1, 0.15) is 22.3 Å². The minimum absolute atomic E-state index is 0.585. The molecule has 0 atom stereocenters. The fraction of sp³-hybridized carbons (Fsp3) is 0. The van der Waals surface area contributed by atoms with E-state index in [0.29, 0.717) is 17.5 Å². The molecule has 0 amide bonds. The van der Waals surface area contributed by atoms with Crippen molar-refractivity contribution < 1.29 is 8.83 Å². The van der Waals surface area contributed by atoms with Gasteiger partial charge in [0.15, 0.2) is 17.5 Å². The van der Waals surface area contributed by atoms with Crippen LogP contribution in [0.3, 0.4) is 0 Å². The highest BCUT2D eigenvalue weighted by molar-refractivity contribution is 6.21. The van der Waals surface area contributed by atoms with E-state index >= 15 is 0 Å². The first kappa shape index (κ1) is 26.6. The summed E-state index contributed by atoms with van der Waals surface area (Å²) in [4.78, 5) is 15.3. The van der Waals surface area contributed by atoms with Crippen molar-refractivity contribution in [2.24, 2.45) is 0 Å². The number of hydrogen-bond donors (Lipinski definition) is 0. The maximum absolute atomic E-state index is 6.54. The summed E-state index contributed by atoms with van der Waals surface area (Å²) in [5.74, 6) is 1.81. The molecule has 0 N–H and O–H groups in total. The maximum atomic E-state index is 6.54. The van der Waals surface area contributed by atoms with E-state index in [0.717, 1.165) is 77.1 Å². The van der Waals surface area contributed by atoms with Gasteiger partial charge in [-0.1, -0.05) is 121 Å². The molecule has 5 nitrogen and oxygen atoms in total. The van der Waals surface area contributed by atoms with Crippen LogP contribution < -0.4 is 0 Å². The minimum Gasteiger partial charge on any atom is -0.456 e. The van der Waals surface area contributed by atoms with Crippen molar-refractivity contribution in [1.29, 1.82) is 0 Å². The van der Waals surface area contributed by atoms with E-state index in [4.69, 9.17) is 23.8 Å². The van der Waals surface area contributed by atoms with E-state index in [1.165, 1.54) is 5.39 Å². The number of hydrogen-bond acceptors (Lipinski definition) is 5. The summed E-state index contributed by atoms with van der Waals surface area (Å²) < 4.78 is 12.8. The fourth-order valence-electron chi connectivity index (χ4n) is 6.95. The average molecular weight is 616 g/mol. The van der Waals surface area contributed by atoms with Gasteiger partial charge in [0.2, 0.25) is 0 Å². The first-order chi connectivity index (χ1) is 23.8. The predicted octanol–water partition coefficient (Wildman–Crippen LogP) is 11.5. The Bertz CT molecular complexity index is 2850. The second-order valence-electron chi connectivity index (χ2n) is 12.0. The van der Waals surface area contributed by atoms with Crippen molar-refractivity contribution in [2.45, 2.75) is 0 Å². The highest BCUT2D eigenvalue weighted by atomic mass is 16.3. The van der Waals surface area contributed by atoms with Crippen LogP contribution in [0.2, 0.25) is 0 Å². The molecule has 0 radical (unpaired) electrons. The maximum Gasteiger partial charge on any atom is 0.164 e. The molecule has 10 rings (SSSR count). The molecule has 0 fully saturated rings. The first-order valence-electron chi connectivity index (χ1n) is 15.9. The van der Waals surface area contributed by atoms with Crippen LogP contribution in [0.25, 0.3) is 99.9 Å². The number of nitrogens with zero attached hydrogens (tertiary/aromatic N) is 3. The number of benzene rings is 7. The summed E-state index contributed by atoms with van der Waals surface area (Å²) in [5, 5.41) is 6.43. The summed E-state index contributed by atoms with van der Waals surface area (Å²) in [6.45, 7) is 0. The number of fused-ring (bicyclic) bond motifs is 7. The van der Waals surface area contributed by atoms with Gasteiger partial charge in [-0.25, -0.2) is 15.0 Å². The summed E-state index contributed by atoms with van der Waals surface area (Å²) in [7, 11) is 0. The van der Waals surface area contributed by atoms with Gasteiger partial charge in [0, 0.05) is 38.2 Å². The molecule has 3 aromatic heterocycles. The van der Waals surface area contributed by atoms with Crippen LogP contribution in [0.15, 0.2) is 160 Å². The molecule has 0 bridgehead atoms. The summed E-state index contributed by atoms with van der Waals surface area (Å²) in [6.07, 6.45) is 0. The lowest BCUT2D eigenvalue weighted by atomic mass is 9.94. The van der Waals surface area contributed by atoms with E-state index in [9.17, 15) is 0 Å². The zero-order chi connectivity index (χ0) is 31.6. The average Bonchev–Trinajstić information content (AvgIpc) is 3.73. The molecule has 224 valence electrons. The monoisotopic (exact) mass is 615 g/mol. The number of para-hydroxylation sites is 1. The number of furan rings is 2. The Hall–Kier alpha value is -6.59. The second-order valence-corrected chi connectivity index (χ2v) is 12.0. The third-order valence-electron chi connectivity index (χ3n) is 9.13. The smallest absolute Gasteiger partial charge is 0.164 e. The van der Waals surface area contributed by atoms with Gasteiger partial charge in [-0.15, -0.1) is 0 Å². The van der Waals surface area contributed by atoms with Crippen LogP contribution in [-0.4, -0.2) is 15.0 Å².